The number of amides is 2. The molecule has 3 aromatic heterocycles. The Kier molecular flexibility index (Phi) is 5.47. The van der Waals surface area contributed by atoms with Crippen LogP contribution in [0.3, 0.4) is 0 Å². The number of hydrogen-bond acceptors (Lipinski definition) is 7. The fourth-order valence-corrected chi connectivity index (χ4v) is 4.73. The number of anilines is 2. The molecule has 29 heavy (non-hydrogen) atoms. The lowest BCUT2D eigenvalue weighted by Crippen LogP contribution is -2.12. The molecule has 3 heterocycles. The molecule has 4 rings (SSSR count). The Bertz CT molecular complexity index is 1180. The maximum atomic E-state index is 14.4. The van der Waals surface area contributed by atoms with Crippen molar-refractivity contribution in [1.82, 2.24) is 9.97 Å². The molecule has 0 atom stereocenters. The van der Waals surface area contributed by atoms with E-state index in [-0.39, 0.29) is 17.4 Å². The second-order valence-electron chi connectivity index (χ2n) is 5.92. The lowest BCUT2D eigenvalue weighted by Gasteiger charge is -2.04. The summed E-state index contributed by atoms with van der Waals surface area (Å²) in [5, 5.41) is 13.6. The second kappa shape index (κ2) is 8.19. The van der Waals surface area contributed by atoms with E-state index < -0.39 is 5.82 Å². The van der Waals surface area contributed by atoms with E-state index in [1.165, 1.54) is 41.7 Å². The largest absolute Gasteiger partial charge is 0.326 e. The van der Waals surface area contributed by atoms with E-state index in [1.807, 2.05) is 16.8 Å². The number of nitrogens with one attached hydrogen (secondary N) is 2. The minimum absolute atomic E-state index is 0.278. The first-order chi connectivity index (χ1) is 14.0. The molecule has 1 aromatic carbocycles. The SMILES string of the molecule is CC(=O)Nc1ccc(-c2csc(NC(=O)c3csc(-c4ccsc4)n3)n2)c(F)c1. The van der Waals surface area contributed by atoms with Gasteiger partial charge >= 0.3 is 0 Å². The van der Waals surface area contributed by atoms with Gasteiger partial charge in [-0.05, 0) is 29.6 Å². The number of thiophene rings is 1. The summed E-state index contributed by atoms with van der Waals surface area (Å²) < 4.78 is 14.4. The smallest absolute Gasteiger partial charge is 0.276 e. The van der Waals surface area contributed by atoms with Crippen molar-refractivity contribution >= 4 is 56.6 Å². The van der Waals surface area contributed by atoms with Gasteiger partial charge in [-0.15, -0.1) is 22.7 Å². The molecule has 2 N–H and O–H groups in total. The van der Waals surface area contributed by atoms with Crippen LogP contribution in [-0.2, 0) is 4.79 Å². The highest BCUT2D eigenvalue weighted by atomic mass is 32.1. The van der Waals surface area contributed by atoms with E-state index in [0.717, 1.165) is 10.6 Å². The Morgan fingerprint density at radius 1 is 1.03 bits per heavy atom. The van der Waals surface area contributed by atoms with Crippen molar-refractivity contribution in [1.29, 1.82) is 0 Å². The summed E-state index contributed by atoms with van der Waals surface area (Å²) in [6.07, 6.45) is 0. The highest BCUT2D eigenvalue weighted by molar-refractivity contribution is 7.14. The van der Waals surface area contributed by atoms with Gasteiger partial charge in [0.2, 0.25) is 5.91 Å². The Balaban J connectivity index is 1.48. The number of aromatic nitrogens is 2. The maximum Gasteiger partial charge on any atom is 0.276 e. The first kappa shape index (κ1) is 19.4. The zero-order valence-electron chi connectivity index (χ0n) is 14.9. The van der Waals surface area contributed by atoms with E-state index >= 15 is 0 Å². The first-order valence-corrected chi connectivity index (χ1v) is 11.0. The summed E-state index contributed by atoms with van der Waals surface area (Å²) in [6, 6.07) is 6.31. The van der Waals surface area contributed by atoms with Gasteiger partial charge in [-0.2, -0.15) is 11.3 Å². The second-order valence-corrected chi connectivity index (χ2v) is 8.41. The molecule has 0 saturated heterocycles. The van der Waals surface area contributed by atoms with Gasteiger partial charge in [0.25, 0.3) is 5.91 Å². The molecule has 0 saturated carbocycles. The van der Waals surface area contributed by atoms with Gasteiger partial charge in [-0.1, -0.05) is 0 Å². The van der Waals surface area contributed by atoms with Gasteiger partial charge in [0.1, 0.15) is 16.5 Å². The van der Waals surface area contributed by atoms with Crippen LogP contribution in [0.25, 0.3) is 21.8 Å². The van der Waals surface area contributed by atoms with Crippen LogP contribution in [0.5, 0.6) is 0 Å². The third-order valence-electron chi connectivity index (χ3n) is 3.80. The standard InChI is InChI=1S/C19H13FN4O2S3/c1-10(25)21-12-2-3-13(14(20)6-12)15-8-29-19(23-15)24-17(26)16-9-28-18(22-16)11-4-5-27-7-11/h2-9H,1H3,(H,21,25)(H,23,24,26). The minimum atomic E-state index is -0.515. The van der Waals surface area contributed by atoms with E-state index in [9.17, 15) is 14.0 Å². The molecule has 6 nitrogen and oxygen atoms in total. The monoisotopic (exact) mass is 444 g/mol. The number of thiazole rings is 2. The third-order valence-corrected chi connectivity index (χ3v) is 6.13. The van der Waals surface area contributed by atoms with Crippen molar-refractivity contribution in [2.45, 2.75) is 6.92 Å². The Hall–Kier alpha value is -2.95. The van der Waals surface area contributed by atoms with Gasteiger partial charge in [-0.25, -0.2) is 14.4 Å². The van der Waals surface area contributed by atoms with Crippen molar-refractivity contribution in [3.63, 3.8) is 0 Å². The van der Waals surface area contributed by atoms with Crippen LogP contribution in [0.2, 0.25) is 0 Å². The fraction of sp³-hybridized carbons (Fsp3) is 0.0526. The maximum absolute atomic E-state index is 14.4. The fourth-order valence-electron chi connectivity index (χ4n) is 2.52. The number of carbonyl (C=O) groups is 2. The predicted molar refractivity (Wildman–Crippen MR) is 115 cm³/mol. The molecule has 0 aliphatic heterocycles. The average molecular weight is 445 g/mol. The normalized spacial score (nSPS) is 10.7. The van der Waals surface area contributed by atoms with E-state index in [1.54, 1.807) is 28.2 Å². The number of benzene rings is 1. The Morgan fingerprint density at radius 3 is 2.62 bits per heavy atom. The van der Waals surface area contributed by atoms with Gasteiger partial charge < -0.3 is 5.32 Å². The van der Waals surface area contributed by atoms with Crippen LogP contribution in [-0.4, -0.2) is 21.8 Å². The molecule has 146 valence electrons. The van der Waals surface area contributed by atoms with Crippen molar-refractivity contribution in [3.05, 3.63) is 57.3 Å². The number of carbonyl (C=O) groups excluding carboxylic acids is 2. The summed E-state index contributed by atoms with van der Waals surface area (Å²) in [6.45, 7) is 1.35. The first-order valence-electron chi connectivity index (χ1n) is 8.32. The quantitative estimate of drug-likeness (QED) is 0.435. The van der Waals surface area contributed by atoms with Crippen LogP contribution in [0.4, 0.5) is 15.2 Å². The van der Waals surface area contributed by atoms with Crippen molar-refractivity contribution in [2.75, 3.05) is 10.6 Å². The van der Waals surface area contributed by atoms with E-state index in [2.05, 4.69) is 20.6 Å². The van der Waals surface area contributed by atoms with Crippen molar-refractivity contribution < 1.29 is 14.0 Å². The topological polar surface area (TPSA) is 84.0 Å². The summed E-state index contributed by atoms with van der Waals surface area (Å²) in [5.41, 5.74) is 2.33. The average Bonchev–Trinajstić information content (AvgIpc) is 3.42. The molecule has 2 amide bonds. The summed E-state index contributed by atoms with van der Waals surface area (Å²) >= 11 is 4.15. The van der Waals surface area contributed by atoms with Crippen LogP contribution in [0.15, 0.2) is 45.8 Å². The molecule has 0 bridgehead atoms. The Morgan fingerprint density at radius 2 is 1.90 bits per heavy atom. The van der Waals surface area contributed by atoms with Crippen LogP contribution in [0, 0.1) is 5.82 Å². The van der Waals surface area contributed by atoms with Gasteiger partial charge in [0.15, 0.2) is 5.13 Å². The molecular formula is C19H13FN4O2S3. The predicted octanol–water partition coefficient (Wildman–Crippen LogP) is 5.34. The van der Waals surface area contributed by atoms with Crippen LogP contribution >= 0.6 is 34.0 Å². The zero-order chi connectivity index (χ0) is 20.4. The molecule has 4 aromatic rings. The Labute approximate surface area is 177 Å². The zero-order valence-corrected chi connectivity index (χ0v) is 17.4. The number of nitrogens with zero attached hydrogens (tertiary/aromatic N) is 2. The van der Waals surface area contributed by atoms with Gasteiger partial charge in [0.05, 0.1) is 5.69 Å². The summed E-state index contributed by atoms with van der Waals surface area (Å²) in [7, 11) is 0. The number of hydrogen-bond donors (Lipinski definition) is 2. The molecular weight excluding hydrogens is 431 g/mol. The van der Waals surface area contributed by atoms with Crippen LogP contribution in [0.1, 0.15) is 17.4 Å². The molecule has 0 unspecified atom stereocenters. The molecule has 0 aliphatic rings. The lowest BCUT2D eigenvalue weighted by molar-refractivity contribution is -0.114. The molecule has 0 aliphatic carbocycles. The highest BCUT2D eigenvalue weighted by Crippen LogP contribution is 2.30. The molecule has 0 fully saturated rings. The van der Waals surface area contributed by atoms with Gasteiger partial charge in [0, 0.05) is 39.9 Å². The van der Waals surface area contributed by atoms with Crippen molar-refractivity contribution in [2.24, 2.45) is 0 Å². The van der Waals surface area contributed by atoms with E-state index in [0.29, 0.717) is 22.2 Å². The molecule has 0 radical (unpaired) electrons. The van der Waals surface area contributed by atoms with Crippen LogP contribution < -0.4 is 10.6 Å². The minimum Gasteiger partial charge on any atom is -0.326 e. The van der Waals surface area contributed by atoms with Crippen molar-refractivity contribution in [3.8, 4) is 21.8 Å². The highest BCUT2D eigenvalue weighted by Gasteiger charge is 2.16. The number of halogens is 1. The summed E-state index contributed by atoms with van der Waals surface area (Å²) in [5.74, 6) is -1.16. The number of rotatable bonds is 5. The molecule has 0 spiro atoms. The van der Waals surface area contributed by atoms with E-state index in [4.69, 9.17) is 0 Å². The van der Waals surface area contributed by atoms with Gasteiger partial charge in [-0.3, -0.25) is 14.9 Å². The molecule has 10 heteroatoms. The summed E-state index contributed by atoms with van der Waals surface area (Å²) in [4.78, 5) is 32.2. The third kappa shape index (κ3) is 4.39. The lowest BCUT2D eigenvalue weighted by atomic mass is 10.1.